The zero-order chi connectivity index (χ0) is 12.5. The lowest BCUT2D eigenvalue weighted by atomic mass is 10.7. The lowest BCUT2D eigenvalue weighted by Crippen LogP contribution is -2.22. The fourth-order valence-corrected chi connectivity index (χ4v) is 4.02. The normalized spacial score (nSPS) is 15.9. The van der Waals surface area contributed by atoms with E-state index in [2.05, 4.69) is 10.1 Å². The molecule has 2 rings (SSSR count). The molecule has 0 atom stereocenters. The van der Waals surface area contributed by atoms with Gasteiger partial charge in [0.15, 0.2) is 14.2 Å². The topological polar surface area (TPSA) is 65.9 Å². The summed E-state index contributed by atoms with van der Waals surface area (Å²) in [4.78, 5) is 6.11. The third-order valence-electron chi connectivity index (χ3n) is 2.06. The van der Waals surface area contributed by atoms with Gasteiger partial charge in [-0.05, 0) is 6.92 Å². The largest absolute Gasteiger partial charge is 0.341 e. The van der Waals surface area contributed by atoms with Crippen molar-refractivity contribution >= 4 is 39.5 Å². The highest BCUT2D eigenvalue weighted by Gasteiger charge is 2.17. The maximum absolute atomic E-state index is 11.3. The molecule has 6 nitrogen and oxygen atoms in total. The third-order valence-corrected chi connectivity index (χ3v) is 5.80. The summed E-state index contributed by atoms with van der Waals surface area (Å²) in [5.41, 5.74) is 0. The molecule has 0 bridgehead atoms. The lowest BCUT2D eigenvalue weighted by Gasteiger charge is -2.14. The molecule has 1 aliphatic rings. The number of thiazole rings is 1. The Morgan fingerprint density at radius 3 is 2.88 bits per heavy atom. The van der Waals surface area contributed by atoms with Crippen molar-refractivity contribution in [2.45, 2.75) is 15.5 Å². The van der Waals surface area contributed by atoms with Gasteiger partial charge >= 0.3 is 0 Å². The van der Waals surface area contributed by atoms with Crippen molar-refractivity contribution in [1.82, 2.24) is 14.3 Å². The van der Waals surface area contributed by atoms with Crippen LogP contribution in [0, 0.1) is 0 Å². The van der Waals surface area contributed by atoms with Crippen LogP contribution in [0.5, 0.6) is 0 Å². The molecule has 1 aromatic heterocycles. The van der Waals surface area contributed by atoms with Gasteiger partial charge in [0.05, 0.1) is 6.20 Å². The van der Waals surface area contributed by atoms with E-state index in [1.165, 1.54) is 35.7 Å². The van der Waals surface area contributed by atoms with Crippen LogP contribution in [0.1, 0.15) is 6.92 Å². The lowest BCUT2D eigenvalue weighted by molar-refractivity contribution is 0.370. The predicted molar refractivity (Wildman–Crippen MR) is 68.7 cm³/mol. The molecule has 0 aromatic carbocycles. The van der Waals surface area contributed by atoms with E-state index in [-0.39, 0.29) is 4.21 Å². The van der Waals surface area contributed by atoms with Crippen molar-refractivity contribution in [3.63, 3.8) is 0 Å². The number of sulfone groups is 1. The molecule has 0 N–H and O–H groups in total. The standard InChI is InChI=1S/C8H12N4O2S3/c1-3-11-5-10-12(6-11)16-8-9-4-7(15-8)17(2,13)14/h4-5H,3,6H2,1-2H3. The van der Waals surface area contributed by atoms with Crippen molar-refractivity contribution in [2.75, 3.05) is 19.5 Å². The van der Waals surface area contributed by atoms with Gasteiger partial charge in [-0.1, -0.05) is 11.3 Å². The van der Waals surface area contributed by atoms with E-state index >= 15 is 0 Å². The highest BCUT2D eigenvalue weighted by Crippen LogP contribution is 2.30. The van der Waals surface area contributed by atoms with Crippen molar-refractivity contribution in [3.8, 4) is 0 Å². The summed E-state index contributed by atoms with van der Waals surface area (Å²) >= 11 is 2.51. The van der Waals surface area contributed by atoms with E-state index < -0.39 is 9.84 Å². The molecule has 0 spiro atoms. The number of hydrazone groups is 1. The summed E-state index contributed by atoms with van der Waals surface area (Å²) in [5, 5.41) is 4.17. The van der Waals surface area contributed by atoms with Crippen LogP contribution >= 0.6 is 23.3 Å². The van der Waals surface area contributed by atoms with Gasteiger partial charge in [-0.2, -0.15) is 5.10 Å². The second-order valence-electron chi connectivity index (χ2n) is 3.44. The first-order valence-corrected chi connectivity index (χ1v) is 8.36. The van der Waals surface area contributed by atoms with E-state index in [4.69, 9.17) is 0 Å². The summed E-state index contributed by atoms with van der Waals surface area (Å²) in [7, 11) is -3.16. The molecule has 1 aliphatic heterocycles. The summed E-state index contributed by atoms with van der Waals surface area (Å²) in [6.45, 7) is 3.63. The fourth-order valence-electron chi connectivity index (χ4n) is 1.14. The molecule has 94 valence electrons. The molecule has 0 fully saturated rings. The maximum Gasteiger partial charge on any atom is 0.186 e. The van der Waals surface area contributed by atoms with Gasteiger partial charge < -0.3 is 4.90 Å². The Labute approximate surface area is 108 Å². The summed E-state index contributed by atoms with van der Waals surface area (Å²) < 4.78 is 25.3. The van der Waals surface area contributed by atoms with E-state index in [1.807, 2.05) is 11.8 Å². The molecule has 0 saturated carbocycles. The zero-order valence-electron chi connectivity index (χ0n) is 9.40. The Morgan fingerprint density at radius 2 is 2.35 bits per heavy atom. The van der Waals surface area contributed by atoms with Gasteiger partial charge in [-0.15, -0.1) is 0 Å². The molecular weight excluding hydrogens is 280 g/mol. The highest BCUT2D eigenvalue weighted by atomic mass is 32.2. The van der Waals surface area contributed by atoms with Crippen LogP contribution in [0.15, 0.2) is 19.8 Å². The number of aromatic nitrogens is 1. The third kappa shape index (κ3) is 3.11. The van der Waals surface area contributed by atoms with E-state index in [0.717, 1.165) is 6.54 Å². The first kappa shape index (κ1) is 12.7. The zero-order valence-corrected chi connectivity index (χ0v) is 11.8. The molecular formula is C8H12N4O2S3. The Bertz CT molecular complexity index is 525. The first-order chi connectivity index (χ1) is 7.99. The van der Waals surface area contributed by atoms with Crippen molar-refractivity contribution in [1.29, 1.82) is 0 Å². The van der Waals surface area contributed by atoms with Crippen LogP contribution < -0.4 is 0 Å². The van der Waals surface area contributed by atoms with Crippen molar-refractivity contribution in [3.05, 3.63) is 6.20 Å². The molecule has 0 unspecified atom stereocenters. The molecule has 0 aliphatic carbocycles. The minimum absolute atomic E-state index is 0.288. The van der Waals surface area contributed by atoms with E-state index in [9.17, 15) is 8.42 Å². The average molecular weight is 292 g/mol. The Kier molecular flexibility index (Phi) is 3.59. The molecule has 0 amide bonds. The quantitative estimate of drug-likeness (QED) is 0.774. The Balaban J connectivity index is 2.01. The number of hydrogen-bond acceptors (Lipinski definition) is 8. The molecule has 17 heavy (non-hydrogen) atoms. The molecule has 0 radical (unpaired) electrons. The van der Waals surface area contributed by atoms with Gasteiger partial charge in [0.1, 0.15) is 17.2 Å². The maximum atomic E-state index is 11.3. The minimum Gasteiger partial charge on any atom is -0.341 e. The number of nitrogens with zero attached hydrogens (tertiary/aromatic N) is 4. The van der Waals surface area contributed by atoms with E-state index in [1.54, 1.807) is 10.8 Å². The molecule has 9 heteroatoms. The molecule has 0 saturated heterocycles. The fraction of sp³-hybridized carbons (Fsp3) is 0.500. The number of rotatable bonds is 4. The summed E-state index contributed by atoms with van der Waals surface area (Å²) in [6, 6.07) is 0. The summed E-state index contributed by atoms with van der Waals surface area (Å²) in [5.74, 6) is 0. The van der Waals surface area contributed by atoms with Crippen molar-refractivity contribution < 1.29 is 8.42 Å². The predicted octanol–water partition coefficient (Wildman–Crippen LogP) is 1.09. The van der Waals surface area contributed by atoms with Crippen LogP contribution in [0.3, 0.4) is 0 Å². The Hall–Kier alpha value is -0.800. The monoisotopic (exact) mass is 292 g/mol. The van der Waals surface area contributed by atoms with Gasteiger partial charge in [0.25, 0.3) is 0 Å². The number of hydrogen-bond donors (Lipinski definition) is 0. The highest BCUT2D eigenvalue weighted by molar-refractivity contribution is 7.99. The Morgan fingerprint density at radius 1 is 1.59 bits per heavy atom. The van der Waals surface area contributed by atoms with Crippen LogP contribution in [0.2, 0.25) is 0 Å². The van der Waals surface area contributed by atoms with Crippen LogP contribution in [0.25, 0.3) is 0 Å². The van der Waals surface area contributed by atoms with Crippen LogP contribution in [-0.2, 0) is 9.84 Å². The SMILES string of the molecule is CCN1C=NN(Sc2ncc(S(C)(=O)=O)s2)C1. The molecule has 2 heterocycles. The second kappa shape index (κ2) is 4.83. The van der Waals surface area contributed by atoms with E-state index in [0.29, 0.717) is 11.0 Å². The van der Waals surface area contributed by atoms with Crippen molar-refractivity contribution in [2.24, 2.45) is 5.10 Å². The first-order valence-electron chi connectivity index (χ1n) is 4.88. The smallest absolute Gasteiger partial charge is 0.186 e. The average Bonchev–Trinajstić information content (AvgIpc) is 2.86. The van der Waals surface area contributed by atoms with Crippen LogP contribution in [-0.4, -0.2) is 48.5 Å². The van der Waals surface area contributed by atoms with Crippen LogP contribution in [0.4, 0.5) is 0 Å². The van der Waals surface area contributed by atoms with Gasteiger partial charge in [0.2, 0.25) is 0 Å². The van der Waals surface area contributed by atoms with Gasteiger partial charge in [-0.25, -0.2) is 17.8 Å². The second-order valence-corrected chi connectivity index (χ2v) is 7.96. The minimum atomic E-state index is -3.16. The summed E-state index contributed by atoms with van der Waals surface area (Å²) in [6.07, 6.45) is 4.33. The molecule has 1 aromatic rings. The van der Waals surface area contributed by atoms with Gasteiger partial charge in [-0.3, -0.25) is 0 Å². The van der Waals surface area contributed by atoms with Gasteiger partial charge in [0, 0.05) is 24.7 Å².